The molecule has 1 heterocycles. The van der Waals surface area contributed by atoms with E-state index in [0.29, 0.717) is 6.17 Å². The van der Waals surface area contributed by atoms with E-state index in [-0.39, 0.29) is 0 Å². The van der Waals surface area contributed by atoms with Crippen LogP contribution in [0.3, 0.4) is 0 Å². The lowest BCUT2D eigenvalue weighted by Crippen LogP contribution is -2.38. The number of nitrogens with zero attached hydrogens (tertiary/aromatic N) is 2. The highest BCUT2D eigenvalue weighted by Gasteiger charge is 2.23. The van der Waals surface area contributed by atoms with Crippen molar-refractivity contribution in [3.05, 3.63) is 12.4 Å². The van der Waals surface area contributed by atoms with Crippen molar-refractivity contribution in [2.75, 3.05) is 13.1 Å². The van der Waals surface area contributed by atoms with Crippen LogP contribution in [0.4, 0.5) is 0 Å². The minimum absolute atomic E-state index is 0.642. The molecule has 0 N–H and O–H groups in total. The Bertz CT molecular complexity index is 213. The van der Waals surface area contributed by atoms with Gasteiger partial charge >= 0.3 is 0 Å². The lowest BCUT2D eigenvalue weighted by Gasteiger charge is -2.32. The van der Waals surface area contributed by atoms with E-state index in [1.165, 1.54) is 51.5 Å². The predicted octanol–water partition coefficient (Wildman–Crippen LogP) is 4.19. The summed E-state index contributed by atoms with van der Waals surface area (Å²) < 4.78 is 0. The first-order valence-electron chi connectivity index (χ1n) is 7.53. The summed E-state index contributed by atoms with van der Waals surface area (Å²) in [5.41, 5.74) is 0. The molecule has 0 bridgehead atoms. The zero-order valence-corrected chi connectivity index (χ0v) is 12.0. The molecule has 0 aromatic carbocycles. The molecule has 100 valence electrons. The highest BCUT2D eigenvalue weighted by Crippen LogP contribution is 2.21. The zero-order chi connectivity index (χ0) is 12.5. The van der Waals surface area contributed by atoms with Crippen LogP contribution in [0.1, 0.15) is 65.7 Å². The molecule has 2 heteroatoms. The standard InChI is InChI=1S/C15H30N2/c1-4-7-9-11-15-16(6-3)13-14-17(15)12-10-8-5-2/h13-15H,4-12H2,1-3H3. The molecule has 1 aliphatic rings. The lowest BCUT2D eigenvalue weighted by atomic mass is 10.1. The normalized spacial score (nSPS) is 19.4. The summed E-state index contributed by atoms with van der Waals surface area (Å²) in [6, 6.07) is 0. The molecule has 0 saturated carbocycles. The minimum Gasteiger partial charge on any atom is -0.356 e. The molecule has 2 nitrogen and oxygen atoms in total. The van der Waals surface area contributed by atoms with Gasteiger partial charge in [-0.25, -0.2) is 0 Å². The van der Waals surface area contributed by atoms with E-state index < -0.39 is 0 Å². The molecular weight excluding hydrogens is 208 g/mol. The van der Waals surface area contributed by atoms with Gasteiger partial charge in [0.2, 0.25) is 0 Å². The molecule has 0 radical (unpaired) electrons. The van der Waals surface area contributed by atoms with Gasteiger partial charge in [-0.2, -0.15) is 0 Å². The first-order chi connectivity index (χ1) is 8.33. The Kier molecular flexibility index (Phi) is 7.14. The maximum atomic E-state index is 2.55. The van der Waals surface area contributed by atoms with E-state index in [9.17, 15) is 0 Å². The van der Waals surface area contributed by atoms with Crippen molar-refractivity contribution in [1.29, 1.82) is 0 Å². The first-order valence-corrected chi connectivity index (χ1v) is 7.53. The van der Waals surface area contributed by atoms with Crippen LogP contribution in [0.5, 0.6) is 0 Å². The maximum Gasteiger partial charge on any atom is 0.101 e. The number of hydrogen-bond donors (Lipinski definition) is 0. The molecule has 0 saturated heterocycles. The van der Waals surface area contributed by atoms with E-state index in [1.54, 1.807) is 0 Å². The number of unbranched alkanes of at least 4 members (excludes halogenated alkanes) is 4. The van der Waals surface area contributed by atoms with Gasteiger partial charge in [0.05, 0.1) is 0 Å². The van der Waals surface area contributed by atoms with E-state index in [0.717, 1.165) is 6.54 Å². The van der Waals surface area contributed by atoms with Gasteiger partial charge in [-0.05, 0) is 26.2 Å². The summed E-state index contributed by atoms with van der Waals surface area (Å²) in [6.07, 6.45) is 14.6. The van der Waals surface area contributed by atoms with E-state index in [4.69, 9.17) is 0 Å². The smallest absolute Gasteiger partial charge is 0.101 e. The van der Waals surface area contributed by atoms with Crippen LogP contribution in [0.15, 0.2) is 12.4 Å². The second-order valence-electron chi connectivity index (χ2n) is 5.05. The third kappa shape index (κ3) is 4.61. The van der Waals surface area contributed by atoms with Gasteiger partial charge in [-0.15, -0.1) is 0 Å². The van der Waals surface area contributed by atoms with Crippen molar-refractivity contribution in [3.8, 4) is 0 Å². The summed E-state index contributed by atoms with van der Waals surface area (Å²) in [5.74, 6) is 0. The maximum absolute atomic E-state index is 2.55. The molecule has 0 amide bonds. The molecular formula is C15H30N2. The van der Waals surface area contributed by atoms with Crippen LogP contribution in [0, 0.1) is 0 Å². The second-order valence-corrected chi connectivity index (χ2v) is 5.05. The number of hydrogen-bond acceptors (Lipinski definition) is 2. The SMILES string of the molecule is CCCCCC1N(CC)C=CN1CCCCC. The monoisotopic (exact) mass is 238 g/mol. The van der Waals surface area contributed by atoms with Crippen molar-refractivity contribution < 1.29 is 0 Å². The Morgan fingerprint density at radius 1 is 0.824 bits per heavy atom. The third-order valence-electron chi connectivity index (χ3n) is 3.67. The first kappa shape index (κ1) is 14.4. The van der Waals surface area contributed by atoms with Crippen molar-refractivity contribution in [2.24, 2.45) is 0 Å². The van der Waals surface area contributed by atoms with Crippen LogP contribution in [0.2, 0.25) is 0 Å². The van der Waals surface area contributed by atoms with Crippen molar-refractivity contribution >= 4 is 0 Å². The van der Waals surface area contributed by atoms with Gasteiger partial charge < -0.3 is 9.80 Å². The molecule has 0 fully saturated rings. The average molecular weight is 238 g/mol. The molecule has 0 aromatic heterocycles. The fraction of sp³-hybridized carbons (Fsp3) is 0.867. The summed E-state index contributed by atoms with van der Waals surface area (Å²) in [7, 11) is 0. The molecule has 1 aliphatic heterocycles. The van der Waals surface area contributed by atoms with Gasteiger partial charge in [0, 0.05) is 25.5 Å². The van der Waals surface area contributed by atoms with Gasteiger partial charge in [-0.1, -0.05) is 39.5 Å². The highest BCUT2D eigenvalue weighted by molar-refractivity contribution is 4.96. The summed E-state index contributed by atoms with van der Waals surface area (Å²) >= 11 is 0. The fourth-order valence-corrected chi connectivity index (χ4v) is 2.55. The summed E-state index contributed by atoms with van der Waals surface area (Å²) in [5, 5.41) is 0. The number of rotatable bonds is 9. The van der Waals surface area contributed by atoms with E-state index in [1.807, 2.05) is 0 Å². The van der Waals surface area contributed by atoms with E-state index >= 15 is 0 Å². The Labute approximate surface area is 108 Å². The second kappa shape index (κ2) is 8.43. The average Bonchev–Trinajstić information content (AvgIpc) is 2.73. The Morgan fingerprint density at radius 3 is 2.12 bits per heavy atom. The quantitative estimate of drug-likeness (QED) is 0.556. The largest absolute Gasteiger partial charge is 0.356 e. The highest BCUT2D eigenvalue weighted by atomic mass is 15.4. The Balaban J connectivity index is 2.35. The molecule has 1 unspecified atom stereocenters. The van der Waals surface area contributed by atoms with Crippen LogP contribution in [-0.4, -0.2) is 29.1 Å². The predicted molar refractivity (Wildman–Crippen MR) is 75.7 cm³/mol. The summed E-state index contributed by atoms with van der Waals surface area (Å²) in [6.45, 7) is 9.18. The molecule has 0 aliphatic carbocycles. The van der Waals surface area contributed by atoms with Crippen molar-refractivity contribution in [3.63, 3.8) is 0 Å². The van der Waals surface area contributed by atoms with Gasteiger partial charge in [0.15, 0.2) is 0 Å². The van der Waals surface area contributed by atoms with Crippen LogP contribution >= 0.6 is 0 Å². The van der Waals surface area contributed by atoms with Crippen molar-refractivity contribution in [2.45, 2.75) is 71.9 Å². The molecule has 0 spiro atoms. The van der Waals surface area contributed by atoms with E-state index in [2.05, 4.69) is 43.0 Å². The van der Waals surface area contributed by atoms with Crippen LogP contribution in [-0.2, 0) is 0 Å². The van der Waals surface area contributed by atoms with Crippen molar-refractivity contribution in [1.82, 2.24) is 9.80 Å². The van der Waals surface area contributed by atoms with Gasteiger partial charge in [-0.3, -0.25) is 0 Å². The zero-order valence-electron chi connectivity index (χ0n) is 12.0. The van der Waals surface area contributed by atoms with Crippen LogP contribution in [0.25, 0.3) is 0 Å². The Hall–Kier alpha value is -0.660. The minimum atomic E-state index is 0.642. The molecule has 1 atom stereocenters. The van der Waals surface area contributed by atoms with Gasteiger partial charge in [0.1, 0.15) is 6.17 Å². The van der Waals surface area contributed by atoms with Gasteiger partial charge in [0.25, 0.3) is 0 Å². The lowest BCUT2D eigenvalue weighted by molar-refractivity contribution is 0.142. The molecule has 1 rings (SSSR count). The summed E-state index contributed by atoms with van der Waals surface area (Å²) in [4.78, 5) is 5.04. The fourth-order valence-electron chi connectivity index (χ4n) is 2.55. The topological polar surface area (TPSA) is 6.48 Å². The third-order valence-corrected chi connectivity index (χ3v) is 3.67. The molecule has 0 aromatic rings. The molecule has 17 heavy (non-hydrogen) atoms. The Morgan fingerprint density at radius 2 is 1.47 bits per heavy atom. The van der Waals surface area contributed by atoms with Crippen LogP contribution < -0.4 is 0 Å².